The first-order valence-corrected chi connectivity index (χ1v) is 9.76. The van der Waals surface area contributed by atoms with Crippen molar-refractivity contribution >= 4 is 39.9 Å². The van der Waals surface area contributed by atoms with Crippen LogP contribution in [0.3, 0.4) is 0 Å². The molecule has 0 atom stereocenters. The number of nitro benzene ring substituents is 1. The number of carbonyl (C=O) groups is 1. The van der Waals surface area contributed by atoms with Gasteiger partial charge in [0.25, 0.3) is 11.6 Å². The molecule has 0 saturated heterocycles. The minimum absolute atomic E-state index is 0.00811. The molecule has 0 unspecified atom stereocenters. The summed E-state index contributed by atoms with van der Waals surface area (Å²) in [5, 5.41) is 14.7. The van der Waals surface area contributed by atoms with E-state index in [2.05, 4.69) is 27.7 Å². The van der Waals surface area contributed by atoms with E-state index in [0.717, 1.165) is 14.3 Å². The minimum Gasteiger partial charge on any atom is -0.307 e. The predicted molar refractivity (Wildman–Crippen MR) is 110 cm³/mol. The third kappa shape index (κ3) is 3.53. The number of hydrogen-bond acceptors (Lipinski definition) is 4. The Kier molecular flexibility index (Phi) is 5.00. The third-order valence-electron chi connectivity index (χ3n) is 4.71. The number of amides is 1. The van der Waals surface area contributed by atoms with Crippen LogP contribution < -0.4 is 4.90 Å². The third-order valence-corrected chi connectivity index (χ3v) is 5.43. The first-order valence-electron chi connectivity index (χ1n) is 8.68. The number of non-ortho nitro benzene ring substituents is 1. The number of carbonyl (C=O) groups excluding carboxylic acids is 1. The zero-order valence-corrected chi connectivity index (χ0v) is 17.2. The minimum atomic E-state index is -4.76. The van der Waals surface area contributed by atoms with Gasteiger partial charge in [-0.15, -0.1) is 0 Å². The fraction of sp³-hybridized carbons (Fsp3) is 0.158. The quantitative estimate of drug-likeness (QED) is 0.283. The van der Waals surface area contributed by atoms with Crippen molar-refractivity contribution < 1.29 is 22.9 Å². The average Bonchev–Trinajstić information content (AvgIpc) is 3.10. The van der Waals surface area contributed by atoms with Gasteiger partial charge in [-0.05, 0) is 59.3 Å². The Morgan fingerprint density at radius 3 is 2.43 bits per heavy atom. The van der Waals surface area contributed by atoms with E-state index in [9.17, 15) is 28.1 Å². The number of hydrogen-bond donors (Lipinski definition) is 0. The van der Waals surface area contributed by atoms with E-state index in [-0.39, 0.29) is 35.6 Å². The largest absolute Gasteiger partial charge is 0.435 e. The zero-order valence-electron chi connectivity index (χ0n) is 15.1. The number of anilines is 1. The van der Waals surface area contributed by atoms with Crippen molar-refractivity contribution in [2.45, 2.75) is 12.6 Å². The normalized spacial score (nSPS) is 14.0. The lowest BCUT2D eigenvalue weighted by atomic mass is 10.0. The van der Waals surface area contributed by atoms with Crippen LogP contribution in [-0.4, -0.2) is 27.2 Å². The second kappa shape index (κ2) is 7.38. The lowest BCUT2D eigenvalue weighted by Crippen LogP contribution is -2.39. The number of rotatable bonds is 3. The lowest BCUT2D eigenvalue weighted by Gasteiger charge is -2.28. The van der Waals surface area contributed by atoms with Crippen molar-refractivity contribution in [2.75, 3.05) is 11.4 Å². The molecule has 4 rings (SSSR count). The molecule has 0 radical (unpaired) electrons. The van der Waals surface area contributed by atoms with Gasteiger partial charge >= 0.3 is 6.18 Å². The van der Waals surface area contributed by atoms with Crippen molar-refractivity contribution in [3.63, 3.8) is 0 Å². The van der Waals surface area contributed by atoms with Crippen LogP contribution in [0.15, 0.2) is 48.5 Å². The molecule has 0 fully saturated rings. The molecule has 0 spiro atoms. The summed E-state index contributed by atoms with van der Waals surface area (Å²) in [6.45, 7) is 0.0656. The molecular formula is C19H12F3IN4O3. The van der Waals surface area contributed by atoms with Gasteiger partial charge in [0.2, 0.25) is 0 Å². The maximum Gasteiger partial charge on any atom is 0.435 e. The van der Waals surface area contributed by atoms with Crippen molar-refractivity contribution in [1.29, 1.82) is 0 Å². The molecule has 0 bridgehead atoms. The Balaban J connectivity index is 1.88. The molecule has 1 aromatic heterocycles. The smallest absolute Gasteiger partial charge is 0.307 e. The van der Waals surface area contributed by atoms with Crippen LogP contribution in [0.25, 0.3) is 5.69 Å². The van der Waals surface area contributed by atoms with Gasteiger partial charge < -0.3 is 4.90 Å². The maximum absolute atomic E-state index is 13.6. The lowest BCUT2D eigenvalue weighted by molar-refractivity contribution is -0.384. The van der Waals surface area contributed by atoms with Crippen LogP contribution in [0.5, 0.6) is 0 Å². The van der Waals surface area contributed by atoms with Gasteiger partial charge in [0.15, 0.2) is 5.69 Å². The highest BCUT2D eigenvalue weighted by atomic mass is 127. The summed E-state index contributed by atoms with van der Waals surface area (Å²) in [5.74, 6) is -0.646. The number of halogens is 4. The van der Waals surface area contributed by atoms with Crippen molar-refractivity contribution in [1.82, 2.24) is 9.78 Å². The van der Waals surface area contributed by atoms with Gasteiger partial charge in [-0.2, -0.15) is 18.3 Å². The molecule has 1 aliphatic rings. The number of benzene rings is 2. The van der Waals surface area contributed by atoms with Gasteiger partial charge in [-0.3, -0.25) is 14.9 Å². The molecule has 7 nitrogen and oxygen atoms in total. The van der Waals surface area contributed by atoms with E-state index < -0.39 is 22.7 Å². The van der Waals surface area contributed by atoms with E-state index in [4.69, 9.17) is 0 Å². The summed E-state index contributed by atoms with van der Waals surface area (Å²) in [6.07, 6.45) is -4.81. The molecule has 2 heterocycles. The van der Waals surface area contributed by atoms with Gasteiger partial charge in [-0.25, -0.2) is 4.68 Å². The molecule has 154 valence electrons. The summed E-state index contributed by atoms with van der Waals surface area (Å²) in [4.78, 5) is 25.0. The molecule has 3 aromatic rings. The standard InChI is InChI=1S/C19H12F3IN4O3/c20-19(21,22)17-15-8-9-25(12-6-4-11(23)5-7-12)18(28)16(15)26(24-17)13-2-1-3-14(10-13)27(29)30/h1-7,10H,8-9H2. The topological polar surface area (TPSA) is 81.3 Å². The molecule has 30 heavy (non-hydrogen) atoms. The van der Waals surface area contributed by atoms with Gasteiger partial charge in [0.1, 0.15) is 5.69 Å². The van der Waals surface area contributed by atoms with Gasteiger partial charge in [0.05, 0.1) is 10.6 Å². The number of nitrogens with zero attached hydrogens (tertiary/aromatic N) is 4. The summed E-state index contributed by atoms with van der Waals surface area (Å²) < 4.78 is 42.6. The fourth-order valence-corrected chi connectivity index (χ4v) is 3.74. The molecule has 0 saturated carbocycles. The molecule has 11 heteroatoms. The maximum atomic E-state index is 13.6. The average molecular weight is 528 g/mol. The highest BCUT2D eigenvalue weighted by Gasteiger charge is 2.43. The first kappa shape index (κ1) is 20.3. The Morgan fingerprint density at radius 1 is 1.10 bits per heavy atom. The fourth-order valence-electron chi connectivity index (χ4n) is 3.38. The van der Waals surface area contributed by atoms with Crippen LogP contribution >= 0.6 is 22.6 Å². The van der Waals surface area contributed by atoms with E-state index in [1.54, 1.807) is 24.3 Å². The van der Waals surface area contributed by atoms with E-state index >= 15 is 0 Å². The SMILES string of the molecule is O=C1c2c(c(C(F)(F)F)nn2-c2cccc([N+](=O)[O-])c2)CCN1c1ccc(I)cc1. The number of fused-ring (bicyclic) bond motifs is 1. The van der Waals surface area contributed by atoms with Crippen LogP contribution in [-0.2, 0) is 12.6 Å². The Labute approximate surface area is 181 Å². The summed E-state index contributed by atoms with van der Waals surface area (Å²) in [7, 11) is 0. The van der Waals surface area contributed by atoms with Gasteiger partial charge in [0, 0.05) is 33.5 Å². The number of aromatic nitrogens is 2. The molecular weight excluding hydrogens is 516 g/mol. The Hall–Kier alpha value is -2.96. The monoisotopic (exact) mass is 528 g/mol. The molecule has 1 aliphatic heterocycles. The Bertz CT molecular complexity index is 1160. The second-order valence-corrected chi connectivity index (χ2v) is 7.79. The molecule has 2 aromatic carbocycles. The summed E-state index contributed by atoms with van der Waals surface area (Å²) in [5.41, 5.74) is -1.36. The van der Waals surface area contributed by atoms with Crippen molar-refractivity contribution in [3.8, 4) is 5.69 Å². The van der Waals surface area contributed by atoms with Crippen LogP contribution in [0.4, 0.5) is 24.5 Å². The first-order chi connectivity index (χ1) is 14.2. The zero-order chi connectivity index (χ0) is 21.6. The highest BCUT2D eigenvalue weighted by molar-refractivity contribution is 14.1. The number of nitro groups is 1. The number of alkyl halides is 3. The van der Waals surface area contributed by atoms with E-state index in [1.165, 1.54) is 23.1 Å². The molecule has 0 N–H and O–H groups in total. The molecule has 0 aliphatic carbocycles. The van der Waals surface area contributed by atoms with E-state index in [1.807, 2.05) is 0 Å². The molecule has 1 amide bonds. The predicted octanol–water partition coefficient (Wildman–Crippen LogP) is 4.61. The van der Waals surface area contributed by atoms with Gasteiger partial charge in [-0.1, -0.05) is 6.07 Å². The summed E-state index contributed by atoms with van der Waals surface area (Å²) in [6, 6.07) is 12.0. The van der Waals surface area contributed by atoms with Crippen molar-refractivity contribution in [2.24, 2.45) is 0 Å². The van der Waals surface area contributed by atoms with Crippen molar-refractivity contribution in [3.05, 3.63) is 79.2 Å². The van der Waals surface area contributed by atoms with Crippen LogP contribution in [0.2, 0.25) is 0 Å². The Morgan fingerprint density at radius 2 is 1.80 bits per heavy atom. The van der Waals surface area contributed by atoms with E-state index in [0.29, 0.717) is 5.69 Å². The van der Waals surface area contributed by atoms with Crippen LogP contribution in [0.1, 0.15) is 21.7 Å². The second-order valence-electron chi connectivity index (χ2n) is 6.55. The summed E-state index contributed by atoms with van der Waals surface area (Å²) >= 11 is 2.11. The van der Waals surface area contributed by atoms with Crippen LogP contribution in [0, 0.1) is 13.7 Å². The highest BCUT2D eigenvalue weighted by Crippen LogP contribution is 2.37.